The molecule has 0 N–H and O–H groups in total. The summed E-state index contributed by atoms with van der Waals surface area (Å²) in [6.07, 6.45) is 0. The highest BCUT2D eigenvalue weighted by molar-refractivity contribution is 9.10. The van der Waals surface area contributed by atoms with E-state index in [0.717, 1.165) is 25.2 Å². The second-order valence-electron chi connectivity index (χ2n) is 6.26. The Morgan fingerprint density at radius 1 is 1.04 bits per heavy atom. The van der Waals surface area contributed by atoms with E-state index in [1.54, 1.807) is 11.8 Å². The first-order valence-electron chi connectivity index (χ1n) is 8.14. The summed E-state index contributed by atoms with van der Waals surface area (Å²) in [6, 6.07) is 17.8. The maximum absolute atomic E-state index is 13.3. The van der Waals surface area contributed by atoms with Crippen LogP contribution >= 0.6 is 27.7 Å². The van der Waals surface area contributed by atoms with E-state index in [0.29, 0.717) is 22.4 Å². The van der Waals surface area contributed by atoms with Gasteiger partial charge in [0.1, 0.15) is 5.52 Å². The molecule has 1 heterocycles. The molecule has 3 aromatic carbocycles. The molecule has 0 fully saturated rings. The number of carbonyl (C=O) groups excluding carboxylic acids is 1. The molecular formula is C21H12BrNO2S. The van der Waals surface area contributed by atoms with Crippen LogP contribution in [0.1, 0.15) is 21.5 Å². The van der Waals surface area contributed by atoms with E-state index in [1.807, 2.05) is 30.3 Å². The molecule has 1 aliphatic rings. The lowest BCUT2D eigenvalue weighted by atomic mass is 9.88. The van der Waals surface area contributed by atoms with Gasteiger partial charge in [0.2, 0.25) is 0 Å². The fourth-order valence-corrected chi connectivity index (χ4v) is 4.95. The molecule has 0 atom stereocenters. The van der Waals surface area contributed by atoms with Crippen molar-refractivity contribution in [3.8, 4) is 11.3 Å². The number of ketones is 1. The van der Waals surface area contributed by atoms with Crippen molar-refractivity contribution in [1.82, 2.24) is 5.16 Å². The Labute approximate surface area is 162 Å². The van der Waals surface area contributed by atoms with Gasteiger partial charge in [0.25, 0.3) is 0 Å². The highest BCUT2D eigenvalue weighted by Crippen LogP contribution is 2.46. The van der Waals surface area contributed by atoms with Crippen LogP contribution in [-0.4, -0.2) is 10.9 Å². The van der Waals surface area contributed by atoms with Gasteiger partial charge in [-0.05, 0) is 41.1 Å². The lowest BCUT2D eigenvalue weighted by Crippen LogP contribution is -2.10. The predicted octanol–water partition coefficient (Wildman–Crippen LogP) is 6.26. The van der Waals surface area contributed by atoms with Gasteiger partial charge < -0.3 is 4.52 Å². The molecule has 0 aliphatic heterocycles. The maximum Gasteiger partial charge on any atom is 0.195 e. The van der Waals surface area contributed by atoms with Gasteiger partial charge in [-0.15, -0.1) is 0 Å². The third-order valence-corrected chi connectivity index (χ3v) is 6.22. The first kappa shape index (κ1) is 15.9. The summed E-state index contributed by atoms with van der Waals surface area (Å²) >= 11 is 5.17. The fraction of sp³-hybridized carbons (Fsp3) is 0.0476. The molecular weight excluding hydrogens is 410 g/mol. The van der Waals surface area contributed by atoms with Crippen molar-refractivity contribution in [2.24, 2.45) is 0 Å². The van der Waals surface area contributed by atoms with Crippen LogP contribution in [0.4, 0.5) is 0 Å². The van der Waals surface area contributed by atoms with Crippen molar-refractivity contribution in [3.05, 3.63) is 75.8 Å². The van der Waals surface area contributed by atoms with Gasteiger partial charge in [0, 0.05) is 31.0 Å². The van der Waals surface area contributed by atoms with Crippen molar-refractivity contribution in [2.75, 3.05) is 0 Å². The average molecular weight is 422 g/mol. The Kier molecular flexibility index (Phi) is 3.55. The minimum absolute atomic E-state index is 0.0170. The van der Waals surface area contributed by atoms with E-state index in [-0.39, 0.29) is 5.78 Å². The third-order valence-electron chi connectivity index (χ3n) is 4.56. The van der Waals surface area contributed by atoms with E-state index in [9.17, 15) is 4.79 Å². The highest BCUT2D eigenvalue weighted by atomic mass is 79.9. The minimum Gasteiger partial charge on any atom is -0.355 e. The zero-order valence-corrected chi connectivity index (χ0v) is 16.1. The molecule has 1 aliphatic carbocycles. The quantitative estimate of drug-likeness (QED) is 0.337. The van der Waals surface area contributed by atoms with E-state index in [2.05, 4.69) is 52.3 Å². The number of hydrogen-bond donors (Lipinski definition) is 0. The molecule has 26 heavy (non-hydrogen) atoms. The van der Waals surface area contributed by atoms with Crippen molar-refractivity contribution >= 4 is 44.4 Å². The van der Waals surface area contributed by atoms with E-state index >= 15 is 0 Å². The third kappa shape index (κ3) is 2.27. The molecule has 0 saturated heterocycles. The van der Waals surface area contributed by atoms with Gasteiger partial charge in [0.15, 0.2) is 11.5 Å². The molecule has 0 radical (unpaired) electrons. The molecule has 3 nitrogen and oxygen atoms in total. The average Bonchev–Trinajstić information content (AvgIpc) is 3.09. The van der Waals surface area contributed by atoms with Gasteiger partial charge in [-0.3, -0.25) is 4.79 Å². The Morgan fingerprint density at radius 2 is 1.77 bits per heavy atom. The van der Waals surface area contributed by atoms with Crippen LogP contribution < -0.4 is 0 Å². The second kappa shape index (κ2) is 5.83. The summed E-state index contributed by atoms with van der Waals surface area (Å²) in [6.45, 7) is 2.06. The maximum atomic E-state index is 13.3. The monoisotopic (exact) mass is 421 g/mol. The standard InChI is InChI=1S/C21H12BrNO2S/c1-11-6-8-12(9-7-11)26-16-10-15(22)19-18-17(16)20(24)13-4-2-3-5-14(13)21(18)25-23-19/h2-10H,1H3. The molecule has 1 aromatic heterocycles. The van der Waals surface area contributed by atoms with Crippen molar-refractivity contribution in [2.45, 2.75) is 16.7 Å². The smallest absolute Gasteiger partial charge is 0.195 e. The van der Waals surface area contributed by atoms with Crippen LogP contribution in [-0.2, 0) is 0 Å². The Balaban J connectivity index is 1.78. The minimum atomic E-state index is 0.0170. The first-order valence-corrected chi connectivity index (χ1v) is 9.75. The Bertz CT molecular complexity index is 1190. The molecule has 0 spiro atoms. The van der Waals surface area contributed by atoms with Crippen LogP contribution in [0.25, 0.3) is 22.2 Å². The molecule has 126 valence electrons. The number of nitrogens with zero attached hydrogens (tertiary/aromatic N) is 1. The number of hydrogen-bond acceptors (Lipinski definition) is 4. The molecule has 0 bridgehead atoms. The zero-order chi connectivity index (χ0) is 17.8. The molecule has 5 heteroatoms. The van der Waals surface area contributed by atoms with E-state index in [1.165, 1.54) is 5.56 Å². The summed E-state index contributed by atoms with van der Waals surface area (Å²) in [7, 11) is 0. The Hall–Kier alpha value is -2.37. The Morgan fingerprint density at radius 3 is 2.54 bits per heavy atom. The number of fused-ring (bicyclic) bond motifs is 2. The van der Waals surface area contributed by atoms with Crippen molar-refractivity contribution < 1.29 is 9.32 Å². The molecule has 0 saturated carbocycles. The van der Waals surface area contributed by atoms with Gasteiger partial charge in [-0.25, -0.2) is 0 Å². The van der Waals surface area contributed by atoms with Gasteiger partial charge >= 0.3 is 0 Å². The SMILES string of the molecule is Cc1ccc(Sc2cc(Br)c3noc4c3c2C(=O)c2ccccc2-4)cc1. The molecule has 0 unspecified atom stereocenters. The number of aryl methyl sites for hydroxylation is 1. The van der Waals surface area contributed by atoms with Crippen LogP contribution in [0, 0.1) is 6.92 Å². The molecule has 0 amide bonds. The van der Waals surface area contributed by atoms with E-state index in [4.69, 9.17) is 4.52 Å². The summed E-state index contributed by atoms with van der Waals surface area (Å²) in [4.78, 5) is 15.3. The predicted molar refractivity (Wildman–Crippen MR) is 106 cm³/mol. The van der Waals surface area contributed by atoms with Crippen molar-refractivity contribution in [1.29, 1.82) is 0 Å². The number of aromatic nitrogens is 1. The topological polar surface area (TPSA) is 43.1 Å². The summed E-state index contributed by atoms with van der Waals surface area (Å²) in [5, 5.41) is 4.99. The lowest BCUT2D eigenvalue weighted by Gasteiger charge is -2.17. The summed E-state index contributed by atoms with van der Waals surface area (Å²) in [5.74, 6) is 0.681. The van der Waals surface area contributed by atoms with Crippen LogP contribution in [0.15, 0.2) is 73.4 Å². The number of benzene rings is 3. The van der Waals surface area contributed by atoms with Crippen LogP contribution in [0.2, 0.25) is 0 Å². The van der Waals surface area contributed by atoms with Gasteiger partial charge in [-0.2, -0.15) is 0 Å². The van der Waals surface area contributed by atoms with Crippen LogP contribution in [0.5, 0.6) is 0 Å². The fourth-order valence-electron chi connectivity index (χ4n) is 3.30. The second-order valence-corrected chi connectivity index (χ2v) is 8.23. The highest BCUT2D eigenvalue weighted by Gasteiger charge is 2.32. The van der Waals surface area contributed by atoms with Crippen LogP contribution in [0.3, 0.4) is 0 Å². The van der Waals surface area contributed by atoms with E-state index < -0.39 is 0 Å². The van der Waals surface area contributed by atoms with Gasteiger partial charge in [0.05, 0.1) is 5.39 Å². The summed E-state index contributed by atoms with van der Waals surface area (Å²) < 4.78 is 6.46. The summed E-state index contributed by atoms with van der Waals surface area (Å²) in [5.41, 5.74) is 4.02. The largest absolute Gasteiger partial charge is 0.355 e. The molecule has 4 aromatic rings. The number of halogens is 1. The first-order chi connectivity index (χ1) is 12.6. The number of carbonyl (C=O) groups is 1. The van der Waals surface area contributed by atoms with Crippen molar-refractivity contribution in [3.63, 3.8) is 0 Å². The number of rotatable bonds is 2. The lowest BCUT2D eigenvalue weighted by molar-refractivity contribution is 0.103. The molecule has 5 rings (SSSR count). The zero-order valence-electron chi connectivity index (χ0n) is 13.7. The van der Waals surface area contributed by atoms with Gasteiger partial charge in [-0.1, -0.05) is 58.9 Å². The normalized spacial score (nSPS) is 12.5.